The van der Waals surface area contributed by atoms with E-state index < -0.39 is 0 Å². The Balaban J connectivity index is 2.19. The van der Waals surface area contributed by atoms with Crippen LogP contribution in [0.4, 0.5) is 0 Å². The van der Waals surface area contributed by atoms with Crippen molar-refractivity contribution in [2.24, 2.45) is 0 Å². The van der Waals surface area contributed by atoms with Crippen LogP contribution in [0.15, 0.2) is 23.3 Å². The van der Waals surface area contributed by atoms with E-state index in [1.54, 1.807) is 11.1 Å². The highest BCUT2D eigenvalue weighted by Crippen LogP contribution is 2.25. The van der Waals surface area contributed by atoms with Crippen molar-refractivity contribution < 1.29 is 0 Å². The van der Waals surface area contributed by atoms with Gasteiger partial charge < -0.3 is 4.90 Å². The second-order valence-electron chi connectivity index (χ2n) is 3.22. The van der Waals surface area contributed by atoms with Gasteiger partial charge in [-0.3, -0.25) is 0 Å². The Bertz CT molecular complexity index is 201. The molecule has 0 fully saturated rings. The fourth-order valence-corrected chi connectivity index (χ4v) is 1.72. The van der Waals surface area contributed by atoms with Crippen molar-refractivity contribution >= 4 is 0 Å². The molecule has 0 aromatic rings. The van der Waals surface area contributed by atoms with Crippen LogP contribution in [-0.4, -0.2) is 25.0 Å². The normalized spacial score (nSPS) is 25.7. The van der Waals surface area contributed by atoms with Gasteiger partial charge in [0.15, 0.2) is 0 Å². The Morgan fingerprint density at radius 1 is 1.50 bits per heavy atom. The van der Waals surface area contributed by atoms with Gasteiger partial charge in [-0.2, -0.15) is 0 Å². The molecule has 2 aliphatic rings. The molecule has 1 nitrogen and oxygen atoms in total. The molecule has 0 aromatic carbocycles. The summed E-state index contributed by atoms with van der Waals surface area (Å²) < 4.78 is 0. The summed E-state index contributed by atoms with van der Waals surface area (Å²) in [5.74, 6) is 0. The Kier molecular flexibility index (Phi) is 1.38. The third kappa shape index (κ3) is 0.907. The largest absolute Gasteiger partial charge is 0.302 e. The lowest BCUT2D eigenvalue weighted by atomic mass is 10.0. The van der Waals surface area contributed by atoms with Gasteiger partial charge in [0.1, 0.15) is 0 Å². The first kappa shape index (κ1) is 6.17. The Morgan fingerprint density at radius 3 is 3.30 bits per heavy atom. The molecule has 1 aliphatic carbocycles. The van der Waals surface area contributed by atoms with E-state index in [0.29, 0.717) is 0 Å². The summed E-state index contributed by atoms with van der Waals surface area (Å²) in [7, 11) is 2.19. The minimum atomic E-state index is 1.17. The van der Waals surface area contributed by atoms with Gasteiger partial charge in [0.2, 0.25) is 0 Å². The summed E-state index contributed by atoms with van der Waals surface area (Å²) in [6, 6.07) is 0. The van der Waals surface area contributed by atoms with Crippen molar-refractivity contribution in [2.45, 2.75) is 12.8 Å². The van der Waals surface area contributed by atoms with Gasteiger partial charge in [0.05, 0.1) is 0 Å². The zero-order chi connectivity index (χ0) is 6.97. The summed E-state index contributed by atoms with van der Waals surface area (Å²) in [6.45, 7) is 2.42. The van der Waals surface area contributed by atoms with Crippen LogP contribution < -0.4 is 0 Å². The molecule has 2 rings (SSSR count). The first-order chi connectivity index (χ1) is 4.86. The zero-order valence-corrected chi connectivity index (χ0v) is 6.43. The van der Waals surface area contributed by atoms with Gasteiger partial charge in [-0.1, -0.05) is 17.7 Å². The third-order valence-corrected chi connectivity index (χ3v) is 2.37. The highest BCUT2D eigenvalue weighted by molar-refractivity contribution is 5.36. The van der Waals surface area contributed by atoms with E-state index >= 15 is 0 Å². The molecule has 0 spiro atoms. The fraction of sp³-hybridized carbons (Fsp3) is 0.556. The number of hydrogen-bond acceptors (Lipinski definition) is 1. The summed E-state index contributed by atoms with van der Waals surface area (Å²) in [6.07, 6.45) is 7.08. The predicted octanol–water partition coefficient (Wildman–Crippen LogP) is 1.58. The minimum absolute atomic E-state index is 1.17. The maximum absolute atomic E-state index is 2.38. The molecule has 0 unspecified atom stereocenters. The van der Waals surface area contributed by atoms with E-state index in [1.165, 1.54) is 25.9 Å². The van der Waals surface area contributed by atoms with Crippen molar-refractivity contribution in [3.8, 4) is 0 Å². The van der Waals surface area contributed by atoms with Gasteiger partial charge >= 0.3 is 0 Å². The monoisotopic (exact) mass is 135 g/mol. The zero-order valence-electron chi connectivity index (χ0n) is 6.43. The fourth-order valence-electron chi connectivity index (χ4n) is 1.72. The molecular formula is C9H13N. The van der Waals surface area contributed by atoms with E-state index in [4.69, 9.17) is 0 Å². The SMILES string of the molecule is CN1CCC2=C(C=CC2)C1. The number of likely N-dealkylation sites (N-methyl/N-ethyl adjacent to an activating group) is 1. The van der Waals surface area contributed by atoms with E-state index in [2.05, 4.69) is 24.1 Å². The van der Waals surface area contributed by atoms with Gasteiger partial charge in [-0.05, 0) is 25.5 Å². The van der Waals surface area contributed by atoms with Crippen molar-refractivity contribution in [1.29, 1.82) is 0 Å². The molecule has 0 amide bonds. The van der Waals surface area contributed by atoms with Crippen molar-refractivity contribution in [1.82, 2.24) is 4.90 Å². The van der Waals surface area contributed by atoms with E-state index in [-0.39, 0.29) is 0 Å². The van der Waals surface area contributed by atoms with Crippen LogP contribution in [0.3, 0.4) is 0 Å². The lowest BCUT2D eigenvalue weighted by Gasteiger charge is -2.23. The molecule has 0 saturated carbocycles. The van der Waals surface area contributed by atoms with Crippen LogP contribution in [0.25, 0.3) is 0 Å². The average Bonchev–Trinajstić information content (AvgIpc) is 2.33. The van der Waals surface area contributed by atoms with Crippen LogP contribution in [0, 0.1) is 0 Å². The molecular weight excluding hydrogens is 122 g/mol. The van der Waals surface area contributed by atoms with Crippen LogP contribution in [0.5, 0.6) is 0 Å². The number of allylic oxidation sites excluding steroid dienone is 1. The van der Waals surface area contributed by atoms with Crippen LogP contribution in [0.2, 0.25) is 0 Å². The maximum atomic E-state index is 2.38. The molecule has 0 saturated heterocycles. The van der Waals surface area contributed by atoms with Gasteiger partial charge in [-0.15, -0.1) is 0 Å². The molecule has 0 radical (unpaired) electrons. The smallest absolute Gasteiger partial charge is 0.0230 e. The molecule has 0 aromatic heterocycles. The number of nitrogens with zero attached hydrogens (tertiary/aromatic N) is 1. The van der Waals surface area contributed by atoms with E-state index in [0.717, 1.165) is 0 Å². The van der Waals surface area contributed by atoms with Crippen LogP contribution in [0.1, 0.15) is 12.8 Å². The summed E-state index contributed by atoms with van der Waals surface area (Å²) in [5.41, 5.74) is 3.26. The first-order valence-electron chi connectivity index (χ1n) is 3.92. The molecule has 0 N–H and O–H groups in total. The van der Waals surface area contributed by atoms with E-state index in [9.17, 15) is 0 Å². The highest BCUT2D eigenvalue weighted by atomic mass is 15.1. The summed E-state index contributed by atoms with van der Waals surface area (Å²) in [5, 5.41) is 0. The predicted molar refractivity (Wildman–Crippen MR) is 42.9 cm³/mol. The third-order valence-electron chi connectivity index (χ3n) is 2.37. The molecule has 1 heterocycles. The Hall–Kier alpha value is -0.560. The second-order valence-corrected chi connectivity index (χ2v) is 3.22. The molecule has 0 atom stereocenters. The number of hydrogen-bond donors (Lipinski definition) is 0. The molecule has 0 bridgehead atoms. The second kappa shape index (κ2) is 2.24. The molecule has 54 valence electrons. The molecule has 10 heavy (non-hydrogen) atoms. The lowest BCUT2D eigenvalue weighted by molar-refractivity contribution is 0.352. The standard InChI is InChI=1S/C9H13N/c1-10-6-5-8-3-2-4-9(8)7-10/h2,4H,3,5-7H2,1H3. The minimum Gasteiger partial charge on any atom is -0.302 e. The Morgan fingerprint density at radius 2 is 2.40 bits per heavy atom. The van der Waals surface area contributed by atoms with Crippen molar-refractivity contribution in [3.05, 3.63) is 23.3 Å². The van der Waals surface area contributed by atoms with Gasteiger partial charge in [-0.25, -0.2) is 0 Å². The van der Waals surface area contributed by atoms with Crippen molar-refractivity contribution in [3.63, 3.8) is 0 Å². The van der Waals surface area contributed by atoms with Crippen molar-refractivity contribution in [2.75, 3.05) is 20.1 Å². The molecule has 1 heteroatoms. The van der Waals surface area contributed by atoms with Crippen LogP contribution >= 0.6 is 0 Å². The number of rotatable bonds is 0. The van der Waals surface area contributed by atoms with Gasteiger partial charge in [0, 0.05) is 13.1 Å². The first-order valence-corrected chi connectivity index (χ1v) is 3.92. The quantitative estimate of drug-likeness (QED) is 0.487. The Labute approximate surface area is 62.0 Å². The van der Waals surface area contributed by atoms with E-state index in [1.807, 2.05) is 0 Å². The van der Waals surface area contributed by atoms with Gasteiger partial charge in [0.25, 0.3) is 0 Å². The topological polar surface area (TPSA) is 3.24 Å². The summed E-state index contributed by atoms with van der Waals surface area (Å²) >= 11 is 0. The summed E-state index contributed by atoms with van der Waals surface area (Å²) in [4.78, 5) is 2.38. The maximum Gasteiger partial charge on any atom is 0.0230 e. The average molecular weight is 135 g/mol. The lowest BCUT2D eigenvalue weighted by Crippen LogP contribution is -2.26. The van der Waals surface area contributed by atoms with Crippen LogP contribution in [-0.2, 0) is 0 Å². The molecule has 1 aliphatic heterocycles. The highest BCUT2D eigenvalue weighted by Gasteiger charge is 2.15.